The number of carbonyl (C=O) groups excluding carboxylic acids is 1. The van der Waals surface area contributed by atoms with Crippen LogP contribution >= 0.6 is 0 Å². The molecule has 0 unspecified atom stereocenters. The van der Waals surface area contributed by atoms with E-state index in [1.807, 2.05) is 26.8 Å². The van der Waals surface area contributed by atoms with Gasteiger partial charge in [0, 0.05) is 19.0 Å². The SMILES string of the molecule is CCc1ccc(C(=O)N(CCO)C(C)C)o1. The van der Waals surface area contributed by atoms with Crippen molar-refractivity contribution in [1.82, 2.24) is 4.90 Å². The van der Waals surface area contributed by atoms with Gasteiger partial charge >= 0.3 is 0 Å². The largest absolute Gasteiger partial charge is 0.456 e. The van der Waals surface area contributed by atoms with Gasteiger partial charge in [-0.25, -0.2) is 0 Å². The molecule has 0 saturated carbocycles. The summed E-state index contributed by atoms with van der Waals surface area (Å²) in [6.07, 6.45) is 0.773. The molecule has 1 heterocycles. The predicted octanol–water partition coefficient (Wildman–Crippen LogP) is 1.68. The van der Waals surface area contributed by atoms with E-state index in [0.717, 1.165) is 12.2 Å². The highest BCUT2D eigenvalue weighted by atomic mass is 16.4. The maximum Gasteiger partial charge on any atom is 0.289 e. The summed E-state index contributed by atoms with van der Waals surface area (Å²) < 4.78 is 5.40. The highest BCUT2D eigenvalue weighted by Gasteiger charge is 2.20. The third-order valence-corrected chi connectivity index (χ3v) is 2.45. The molecule has 1 N–H and O–H groups in total. The van der Waals surface area contributed by atoms with Crippen LogP contribution in [0.5, 0.6) is 0 Å². The number of aliphatic hydroxyl groups is 1. The molecule has 0 aliphatic carbocycles. The summed E-state index contributed by atoms with van der Waals surface area (Å²) in [4.78, 5) is 13.6. The number of aryl methyl sites for hydroxylation is 1. The highest BCUT2D eigenvalue weighted by Crippen LogP contribution is 2.12. The van der Waals surface area contributed by atoms with Gasteiger partial charge in [0.05, 0.1) is 6.61 Å². The molecule has 0 bridgehead atoms. The Morgan fingerprint density at radius 1 is 1.50 bits per heavy atom. The summed E-state index contributed by atoms with van der Waals surface area (Å²) in [6, 6.07) is 3.55. The molecule has 0 aliphatic heterocycles. The van der Waals surface area contributed by atoms with E-state index in [0.29, 0.717) is 12.3 Å². The van der Waals surface area contributed by atoms with E-state index in [1.54, 1.807) is 11.0 Å². The van der Waals surface area contributed by atoms with Crippen LogP contribution in [0, 0.1) is 0 Å². The Bertz CT molecular complexity index is 344. The lowest BCUT2D eigenvalue weighted by molar-refractivity contribution is 0.0631. The lowest BCUT2D eigenvalue weighted by atomic mass is 10.3. The maximum absolute atomic E-state index is 12.0. The normalized spacial score (nSPS) is 10.8. The van der Waals surface area contributed by atoms with Crippen LogP contribution in [-0.2, 0) is 6.42 Å². The van der Waals surface area contributed by atoms with Gasteiger partial charge in [-0.2, -0.15) is 0 Å². The summed E-state index contributed by atoms with van der Waals surface area (Å²) in [5.74, 6) is 0.985. The Kier molecular flexibility index (Phi) is 4.55. The van der Waals surface area contributed by atoms with E-state index in [-0.39, 0.29) is 18.6 Å². The van der Waals surface area contributed by atoms with Crippen LogP contribution in [0.1, 0.15) is 37.1 Å². The molecule has 0 saturated heterocycles. The van der Waals surface area contributed by atoms with Crippen molar-refractivity contribution in [1.29, 1.82) is 0 Å². The van der Waals surface area contributed by atoms with Crippen LogP contribution in [0.15, 0.2) is 16.5 Å². The van der Waals surface area contributed by atoms with Gasteiger partial charge in [0.2, 0.25) is 0 Å². The number of rotatable bonds is 5. The monoisotopic (exact) mass is 225 g/mol. The first-order valence-corrected chi connectivity index (χ1v) is 5.60. The minimum atomic E-state index is -0.163. The highest BCUT2D eigenvalue weighted by molar-refractivity contribution is 5.91. The van der Waals surface area contributed by atoms with Gasteiger partial charge in [0.1, 0.15) is 5.76 Å². The Balaban J connectivity index is 2.81. The molecule has 0 fully saturated rings. The van der Waals surface area contributed by atoms with Crippen molar-refractivity contribution in [2.45, 2.75) is 33.2 Å². The molecule has 0 radical (unpaired) electrons. The van der Waals surface area contributed by atoms with E-state index >= 15 is 0 Å². The maximum atomic E-state index is 12.0. The Labute approximate surface area is 95.9 Å². The second-order valence-corrected chi connectivity index (χ2v) is 3.94. The molecule has 1 aromatic rings. The molecule has 1 amide bonds. The van der Waals surface area contributed by atoms with Gasteiger partial charge < -0.3 is 14.4 Å². The first kappa shape index (κ1) is 12.8. The van der Waals surface area contributed by atoms with Crippen molar-refractivity contribution in [3.8, 4) is 0 Å². The lowest BCUT2D eigenvalue weighted by Crippen LogP contribution is -2.38. The smallest absolute Gasteiger partial charge is 0.289 e. The van der Waals surface area contributed by atoms with Gasteiger partial charge in [-0.15, -0.1) is 0 Å². The molecule has 0 aromatic carbocycles. The molecule has 0 atom stereocenters. The number of furan rings is 1. The molecule has 16 heavy (non-hydrogen) atoms. The van der Waals surface area contributed by atoms with Crippen molar-refractivity contribution in [3.05, 3.63) is 23.7 Å². The number of carbonyl (C=O) groups is 1. The van der Waals surface area contributed by atoms with E-state index in [1.165, 1.54) is 0 Å². The predicted molar refractivity (Wildman–Crippen MR) is 61.3 cm³/mol. The Morgan fingerprint density at radius 3 is 2.62 bits per heavy atom. The minimum Gasteiger partial charge on any atom is -0.456 e. The molecule has 0 aliphatic rings. The van der Waals surface area contributed by atoms with E-state index in [2.05, 4.69) is 0 Å². The third kappa shape index (κ3) is 2.85. The van der Waals surface area contributed by atoms with E-state index in [9.17, 15) is 4.79 Å². The van der Waals surface area contributed by atoms with Gasteiger partial charge in [-0.3, -0.25) is 4.79 Å². The standard InChI is InChI=1S/C12H19NO3/c1-4-10-5-6-11(16-10)12(15)13(7-8-14)9(2)3/h5-6,9,14H,4,7-8H2,1-3H3. The molecular weight excluding hydrogens is 206 g/mol. The first-order chi connectivity index (χ1) is 7.60. The van der Waals surface area contributed by atoms with Crippen molar-refractivity contribution < 1.29 is 14.3 Å². The molecule has 90 valence electrons. The fourth-order valence-corrected chi connectivity index (χ4v) is 1.53. The summed E-state index contributed by atoms with van der Waals surface area (Å²) in [6.45, 7) is 6.10. The quantitative estimate of drug-likeness (QED) is 0.829. The summed E-state index contributed by atoms with van der Waals surface area (Å²) >= 11 is 0. The molecule has 0 spiro atoms. The number of nitrogens with zero attached hydrogens (tertiary/aromatic N) is 1. The van der Waals surface area contributed by atoms with E-state index in [4.69, 9.17) is 9.52 Å². The van der Waals surface area contributed by atoms with Crippen LogP contribution < -0.4 is 0 Å². The Hall–Kier alpha value is -1.29. The van der Waals surface area contributed by atoms with Crippen molar-refractivity contribution in [2.75, 3.05) is 13.2 Å². The van der Waals surface area contributed by atoms with Crippen LogP contribution in [-0.4, -0.2) is 35.1 Å². The fourth-order valence-electron chi connectivity index (χ4n) is 1.53. The number of hydrogen-bond donors (Lipinski definition) is 1. The summed E-state index contributed by atoms with van der Waals surface area (Å²) in [7, 11) is 0. The summed E-state index contributed by atoms with van der Waals surface area (Å²) in [5, 5.41) is 8.91. The second kappa shape index (κ2) is 5.70. The number of amides is 1. The minimum absolute atomic E-state index is 0.0364. The molecule has 4 nitrogen and oxygen atoms in total. The van der Waals surface area contributed by atoms with Crippen LogP contribution in [0.4, 0.5) is 0 Å². The van der Waals surface area contributed by atoms with Crippen molar-refractivity contribution in [3.63, 3.8) is 0 Å². The third-order valence-electron chi connectivity index (χ3n) is 2.45. The van der Waals surface area contributed by atoms with Gasteiger partial charge in [-0.05, 0) is 26.0 Å². The van der Waals surface area contributed by atoms with Gasteiger partial charge in [0.25, 0.3) is 5.91 Å². The topological polar surface area (TPSA) is 53.7 Å². The van der Waals surface area contributed by atoms with Crippen molar-refractivity contribution >= 4 is 5.91 Å². The Morgan fingerprint density at radius 2 is 2.19 bits per heavy atom. The molecule has 4 heteroatoms. The summed E-state index contributed by atoms with van der Waals surface area (Å²) in [5.41, 5.74) is 0. The fraction of sp³-hybridized carbons (Fsp3) is 0.583. The lowest BCUT2D eigenvalue weighted by Gasteiger charge is -2.24. The number of hydrogen-bond acceptors (Lipinski definition) is 3. The average molecular weight is 225 g/mol. The molecule has 1 aromatic heterocycles. The van der Waals surface area contributed by atoms with Crippen LogP contribution in [0.2, 0.25) is 0 Å². The first-order valence-electron chi connectivity index (χ1n) is 5.60. The average Bonchev–Trinajstić information content (AvgIpc) is 2.73. The van der Waals surface area contributed by atoms with Crippen molar-refractivity contribution in [2.24, 2.45) is 0 Å². The zero-order valence-electron chi connectivity index (χ0n) is 10.1. The van der Waals surface area contributed by atoms with Crippen LogP contribution in [0.25, 0.3) is 0 Å². The van der Waals surface area contributed by atoms with Gasteiger partial charge in [-0.1, -0.05) is 6.92 Å². The van der Waals surface area contributed by atoms with Crippen LogP contribution in [0.3, 0.4) is 0 Å². The van der Waals surface area contributed by atoms with Gasteiger partial charge in [0.15, 0.2) is 5.76 Å². The zero-order valence-corrected chi connectivity index (χ0v) is 10.1. The molecule has 1 rings (SSSR count). The van der Waals surface area contributed by atoms with E-state index < -0.39 is 0 Å². The second-order valence-electron chi connectivity index (χ2n) is 3.94. The number of aliphatic hydroxyl groups excluding tert-OH is 1. The zero-order chi connectivity index (χ0) is 12.1. The molecular formula is C12H19NO3.